The summed E-state index contributed by atoms with van der Waals surface area (Å²) in [5.41, 5.74) is 4.09. The lowest BCUT2D eigenvalue weighted by Crippen LogP contribution is -2.57. The van der Waals surface area contributed by atoms with Gasteiger partial charge in [-0.1, -0.05) is 0 Å². The number of amides is 3. The van der Waals surface area contributed by atoms with Crippen molar-refractivity contribution in [2.24, 2.45) is 4.99 Å². The maximum absolute atomic E-state index is 11.8. The quantitative estimate of drug-likeness (QED) is 0.733. The third-order valence-electron chi connectivity index (χ3n) is 3.58. The Hall–Kier alpha value is -2.37. The zero-order valence-corrected chi connectivity index (χ0v) is 10.9. The van der Waals surface area contributed by atoms with Gasteiger partial charge >= 0.3 is 6.03 Å². The topological polar surface area (TPSA) is 73.8 Å². The summed E-state index contributed by atoms with van der Waals surface area (Å²) in [6, 6.07) is 2.80. The predicted octanol–water partition coefficient (Wildman–Crippen LogP) is 1.18. The third kappa shape index (κ3) is 1.68. The minimum absolute atomic E-state index is 0.370. The molecule has 0 saturated carbocycles. The number of rotatable bonds is 0. The Morgan fingerprint density at radius 1 is 1.21 bits per heavy atom. The molecule has 0 aromatic heterocycles. The van der Waals surface area contributed by atoms with Gasteiger partial charge in [-0.25, -0.2) is 4.79 Å². The predicted molar refractivity (Wildman–Crippen MR) is 72.7 cm³/mol. The van der Waals surface area contributed by atoms with Crippen molar-refractivity contribution in [2.45, 2.75) is 19.9 Å². The van der Waals surface area contributed by atoms with Crippen LogP contribution in [0.15, 0.2) is 17.1 Å². The summed E-state index contributed by atoms with van der Waals surface area (Å²) in [6.45, 7) is 4.04. The molecule has 0 bridgehead atoms. The zero-order valence-electron chi connectivity index (χ0n) is 10.9. The van der Waals surface area contributed by atoms with E-state index in [1.807, 2.05) is 33.0 Å². The van der Waals surface area contributed by atoms with E-state index in [1.54, 1.807) is 4.90 Å². The lowest BCUT2D eigenvalue weighted by atomic mass is 10.0. The van der Waals surface area contributed by atoms with E-state index in [0.29, 0.717) is 5.84 Å². The number of nitrogens with one attached hydrogen (secondary N) is 2. The first kappa shape index (κ1) is 11.7. The highest BCUT2D eigenvalue weighted by molar-refractivity contribution is 6.26. The first-order chi connectivity index (χ1) is 8.97. The molecule has 3 rings (SSSR count). The molecule has 2 aliphatic rings. The molecule has 6 heteroatoms. The number of nitrogens with zero attached hydrogens (tertiary/aromatic N) is 2. The third-order valence-corrected chi connectivity index (χ3v) is 3.58. The van der Waals surface area contributed by atoms with E-state index in [2.05, 4.69) is 15.6 Å². The van der Waals surface area contributed by atoms with Crippen LogP contribution in [0.1, 0.15) is 11.1 Å². The van der Waals surface area contributed by atoms with Crippen molar-refractivity contribution in [2.75, 3.05) is 17.3 Å². The molecule has 1 atom stereocenters. The van der Waals surface area contributed by atoms with Crippen LogP contribution in [0.25, 0.3) is 0 Å². The van der Waals surface area contributed by atoms with Crippen molar-refractivity contribution in [1.29, 1.82) is 0 Å². The van der Waals surface area contributed by atoms with E-state index in [0.717, 1.165) is 22.5 Å². The van der Waals surface area contributed by atoms with Crippen molar-refractivity contribution in [3.8, 4) is 0 Å². The second-order valence-electron chi connectivity index (χ2n) is 4.85. The molecule has 0 spiro atoms. The number of benzene rings is 1. The molecule has 1 aromatic rings. The van der Waals surface area contributed by atoms with Gasteiger partial charge in [-0.05, 0) is 37.1 Å². The van der Waals surface area contributed by atoms with Crippen molar-refractivity contribution in [1.82, 2.24) is 5.32 Å². The van der Waals surface area contributed by atoms with Crippen LogP contribution < -0.4 is 15.5 Å². The maximum Gasteiger partial charge on any atom is 0.349 e. The van der Waals surface area contributed by atoms with E-state index < -0.39 is 12.1 Å². The Morgan fingerprint density at radius 2 is 1.89 bits per heavy atom. The lowest BCUT2D eigenvalue weighted by Gasteiger charge is -2.37. The summed E-state index contributed by atoms with van der Waals surface area (Å²) in [6.07, 6.45) is 0. The van der Waals surface area contributed by atoms with Crippen molar-refractivity contribution in [3.63, 3.8) is 0 Å². The van der Waals surface area contributed by atoms with E-state index in [9.17, 15) is 9.59 Å². The van der Waals surface area contributed by atoms with Crippen LogP contribution in [0.4, 0.5) is 16.2 Å². The molecule has 1 aromatic carbocycles. The molecule has 0 fully saturated rings. The molecular weight excluding hydrogens is 244 g/mol. The standard InChI is InChI=1S/C13H14N4O2/c1-6-4-8-9(5-7(6)2)17(3)11-10(14-8)12(18)16-13(19)15-11/h4-5,10,14H,1-3H3,(H,16,18,19). The fourth-order valence-electron chi connectivity index (χ4n) is 2.36. The Kier molecular flexibility index (Phi) is 2.35. The first-order valence-electron chi connectivity index (χ1n) is 6.02. The number of hydrogen-bond donors (Lipinski definition) is 2. The SMILES string of the molecule is Cc1cc2c(cc1C)N(C)C1=NC(=O)NC(=O)C1N2. The number of likely N-dealkylation sites (N-methyl/N-ethyl adjacent to an activating group) is 1. The normalized spacial score (nSPS) is 21.1. The van der Waals surface area contributed by atoms with Crippen LogP contribution >= 0.6 is 0 Å². The van der Waals surface area contributed by atoms with Gasteiger partial charge in [0, 0.05) is 7.05 Å². The van der Waals surface area contributed by atoms with E-state index >= 15 is 0 Å². The molecule has 0 radical (unpaired) electrons. The van der Waals surface area contributed by atoms with Gasteiger partial charge in [-0.3, -0.25) is 10.1 Å². The van der Waals surface area contributed by atoms with Gasteiger partial charge in [-0.15, -0.1) is 0 Å². The Balaban J connectivity index is 2.15. The van der Waals surface area contributed by atoms with Gasteiger partial charge in [0.15, 0.2) is 6.04 Å². The second-order valence-corrected chi connectivity index (χ2v) is 4.85. The lowest BCUT2D eigenvalue weighted by molar-refractivity contribution is -0.119. The van der Waals surface area contributed by atoms with E-state index in [-0.39, 0.29) is 5.91 Å². The summed E-state index contributed by atoms with van der Waals surface area (Å²) in [7, 11) is 1.81. The summed E-state index contributed by atoms with van der Waals surface area (Å²) < 4.78 is 0. The second kappa shape index (κ2) is 3.81. The number of anilines is 2. The smallest absolute Gasteiger partial charge is 0.349 e. The van der Waals surface area contributed by atoms with Gasteiger partial charge in [0.1, 0.15) is 5.84 Å². The zero-order chi connectivity index (χ0) is 13.7. The highest BCUT2D eigenvalue weighted by atomic mass is 16.2. The first-order valence-corrected chi connectivity index (χ1v) is 6.02. The van der Waals surface area contributed by atoms with Crippen LogP contribution in [-0.2, 0) is 4.79 Å². The van der Waals surface area contributed by atoms with Crippen LogP contribution in [0.5, 0.6) is 0 Å². The Labute approximate surface area is 110 Å². The van der Waals surface area contributed by atoms with Gasteiger partial charge < -0.3 is 10.2 Å². The summed E-state index contributed by atoms with van der Waals surface area (Å²) >= 11 is 0. The number of imide groups is 1. The fourth-order valence-corrected chi connectivity index (χ4v) is 2.36. The maximum atomic E-state index is 11.8. The van der Waals surface area contributed by atoms with Gasteiger partial charge in [0.25, 0.3) is 5.91 Å². The molecule has 19 heavy (non-hydrogen) atoms. The minimum atomic E-state index is -0.614. The number of amidine groups is 1. The van der Waals surface area contributed by atoms with E-state index in [4.69, 9.17) is 0 Å². The molecule has 2 N–H and O–H groups in total. The highest BCUT2D eigenvalue weighted by Crippen LogP contribution is 2.34. The van der Waals surface area contributed by atoms with Crippen LogP contribution in [-0.4, -0.2) is 30.9 Å². The number of urea groups is 1. The molecule has 0 saturated heterocycles. The van der Waals surface area contributed by atoms with Crippen molar-refractivity contribution >= 4 is 29.1 Å². The molecular formula is C13H14N4O2. The summed E-state index contributed by atoms with van der Waals surface area (Å²) in [5.74, 6) is 0.0650. The van der Waals surface area contributed by atoms with Gasteiger partial charge in [-0.2, -0.15) is 4.99 Å². The van der Waals surface area contributed by atoms with Crippen LogP contribution in [0.2, 0.25) is 0 Å². The summed E-state index contributed by atoms with van der Waals surface area (Å²) in [4.78, 5) is 28.9. The number of fused-ring (bicyclic) bond motifs is 2. The molecule has 1 unspecified atom stereocenters. The fraction of sp³-hybridized carbons (Fsp3) is 0.308. The minimum Gasteiger partial charge on any atom is -0.366 e. The number of aryl methyl sites for hydroxylation is 2. The molecule has 3 amide bonds. The average molecular weight is 258 g/mol. The largest absolute Gasteiger partial charge is 0.366 e. The van der Waals surface area contributed by atoms with Crippen LogP contribution in [0, 0.1) is 13.8 Å². The average Bonchev–Trinajstić information content (AvgIpc) is 2.34. The monoisotopic (exact) mass is 258 g/mol. The Morgan fingerprint density at radius 3 is 2.63 bits per heavy atom. The highest BCUT2D eigenvalue weighted by Gasteiger charge is 2.38. The van der Waals surface area contributed by atoms with E-state index in [1.165, 1.54) is 0 Å². The number of hydrogen-bond acceptors (Lipinski definition) is 4. The number of carbonyl (C=O) groups is 2. The molecule has 98 valence electrons. The molecule has 2 aliphatic heterocycles. The number of carbonyl (C=O) groups excluding carboxylic acids is 2. The molecule has 0 aliphatic carbocycles. The number of aliphatic imine (C=N–C) groups is 1. The molecule has 6 nitrogen and oxygen atoms in total. The summed E-state index contributed by atoms with van der Waals surface area (Å²) in [5, 5.41) is 5.33. The van der Waals surface area contributed by atoms with Gasteiger partial charge in [0.2, 0.25) is 0 Å². The van der Waals surface area contributed by atoms with Gasteiger partial charge in [0.05, 0.1) is 11.4 Å². The van der Waals surface area contributed by atoms with Crippen molar-refractivity contribution in [3.05, 3.63) is 23.3 Å². The van der Waals surface area contributed by atoms with Crippen LogP contribution in [0.3, 0.4) is 0 Å². The Bertz CT molecular complexity index is 636. The van der Waals surface area contributed by atoms with Crippen molar-refractivity contribution < 1.29 is 9.59 Å². The molecule has 2 heterocycles.